The first kappa shape index (κ1) is 16.2. The van der Waals surface area contributed by atoms with E-state index in [2.05, 4.69) is 9.82 Å². The van der Waals surface area contributed by atoms with Crippen LogP contribution in [0.5, 0.6) is 0 Å². The minimum absolute atomic E-state index is 0.0221. The predicted octanol–water partition coefficient (Wildman–Crippen LogP) is 0.729. The molecule has 2 aromatic heterocycles. The monoisotopic (exact) mass is 354 g/mol. The Morgan fingerprint density at radius 1 is 1.48 bits per heavy atom. The number of fused-ring (bicyclic) bond motifs is 1. The van der Waals surface area contributed by atoms with E-state index in [1.165, 1.54) is 11.3 Å². The number of thiophene rings is 1. The van der Waals surface area contributed by atoms with Gasteiger partial charge < -0.3 is 4.90 Å². The standard InChI is InChI=1S/C14H18N4O3S2/c1-17-13-8-18(14(19)10-4-6-22-9-10)5-3-11(13)12(16-17)7-15-23(2,20)21/h4,6,9,15H,3,5,7-8H2,1-2H3. The average molecular weight is 354 g/mol. The highest BCUT2D eigenvalue weighted by molar-refractivity contribution is 7.88. The van der Waals surface area contributed by atoms with Gasteiger partial charge in [0, 0.05) is 24.5 Å². The van der Waals surface area contributed by atoms with Crippen molar-refractivity contribution in [2.45, 2.75) is 19.5 Å². The van der Waals surface area contributed by atoms with Crippen molar-refractivity contribution in [2.75, 3.05) is 12.8 Å². The Morgan fingerprint density at radius 3 is 2.91 bits per heavy atom. The van der Waals surface area contributed by atoms with E-state index in [0.29, 0.717) is 25.1 Å². The van der Waals surface area contributed by atoms with Gasteiger partial charge in [0.15, 0.2) is 0 Å². The Balaban J connectivity index is 1.79. The van der Waals surface area contributed by atoms with Crippen LogP contribution in [-0.2, 0) is 36.6 Å². The summed E-state index contributed by atoms with van der Waals surface area (Å²) in [6, 6.07) is 1.83. The number of carbonyl (C=O) groups is 1. The van der Waals surface area contributed by atoms with Crippen LogP contribution in [-0.4, -0.2) is 41.8 Å². The van der Waals surface area contributed by atoms with Gasteiger partial charge >= 0.3 is 0 Å². The Morgan fingerprint density at radius 2 is 2.26 bits per heavy atom. The van der Waals surface area contributed by atoms with Crippen LogP contribution in [0.2, 0.25) is 0 Å². The van der Waals surface area contributed by atoms with E-state index in [1.54, 1.807) is 9.58 Å². The molecule has 1 aliphatic rings. The second-order valence-electron chi connectivity index (χ2n) is 5.58. The molecule has 0 unspecified atom stereocenters. The van der Waals surface area contributed by atoms with Crippen molar-refractivity contribution in [3.05, 3.63) is 39.3 Å². The summed E-state index contributed by atoms with van der Waals surface area (Å²) in [7, 11) is -1.44. The largest absolute Gasteiger partial charge is 0.332 e. The predicted molar refractivity (Wildman–Crippen MR) is 87.7 cm³/mol. The van der Waals surface area contributed by atoms with Crippen LogP contribution in [0.15, 0.2) is 16.8 Å². The second-order valence-corrected chi connectivity index (χ2v) is 8.19. The van der Waals surface area contributed by atoms with E-state index in [4.69, 9.17) is 0 Å². The molecule has 9 heteroatoms. The first-order chi connectivity index (χ1) is 10.8. The number of sulfonamides is 1. The molecule has 0 atom stereocenters. The molecule has 0 fully saturated rings. The Hall–Kier alpha value is -1.71. The van der Waals surface area contributed by atoms with E-state index in [0.717, 1.165) is 23.2 Å². The number of aryl methyl sites for hydroxylation is 1. The summed E-state index contributed by atoms with van der Waals surface area (Å²) < 4.78 is 26.7. The van der Waals surface area contributed by atoms with Gasteiger partial charge in [0.25, 0.3) is 5.91 Å². The molecule has 7 nitrogen and oxygen atoms in total. The van der Waals surface area contributed by atoms with Crippen molar-refractivity contribution in [2.24, 2.45) is 7.05 Å². The molecular formula is C14H18N4O3S2. The number of amides is 1. The molecule has 0 saturated heterocycles. The molecule has 1 aliphatic heterocycles. The van der Waals surface area contributed by atoms with Crippen LogP contribution in [0.25, 0.3) is 0 Å². The summed E-state index contributed by atoms with van der Waals surface area (Å²) in [5.74, 6) is 0.0221. The molecule has 1 N–H and O–H groups in total. The average Bonchev–Trinajstić information content (AvgIpc) is 3.12. The number of hydrogen-bond donors (Lipinski definition) is 1. The quantitative estimate of drug-likeness (QED) is 0.877. The van der Waals surface area contributed by atoms with Crippen molar-refractivity contribution >= 4 is 27.3 Å². The Labute approximate surface area is 139 Å². The lowest BCUT2D eigenvalue weighted by Crippen LogP contribution is -2.36. The van der Waals surface area contributed by atoms with Crippen molar-refractivity contribution in [1.82, 2.24) is 19.4 Å². The van der Waals surface area contributed by atoms with Crippen molar-refractivity contribution in [3.8, 4) is 0 Å². The van der Waals surface area contributed by atoms with Gasteiger partial charge in [-0.05, 0) is 17.9 Å². The maximum absolute atomic E-state index is 12.5. The SMILES string of the molecule is Cn1nc(CNS(C)(=O)=O)c2c1CN(C(=O)c1ccsc1)CC2. The van der Waals surface area contributed by atoms with Gasteiger partial charge in [-0.2, -0.15) is 16.4 Å². The minimum Gasteiger partial charge on any atom is -0.332 e. The van der Waals surface area contributed by atoms with Crippen LogP contribution < -0.4 is 4.72 Å². The molecule has 3 rings (SSSR count). The van der Waals surface area contributed by atoms with Crippen LogP contribution in [0, 0.1) is 0 Å². The lowest BCUT2D eigenvalue weighted by Gasteiger charge is -2.27. The second kappa shape index (κ2) is 6.06. The molecule has 0 aromatic carbocycles. The molecule has 1 amide bonds. The molecular weight excluding hydrogens is 336 g/mol. The van der Waals surface area contributed by atoms with Gasteiger partial charge in [-0.1, -0.05) is 0 Å². The maximum atomic E-state index is 12.5. The molecule has 124 valence electrons. The fraction of sp³-hybridized carbons (Fsp3) is 0.429. The zero-order valence-electron chi connectivity index (χ0n) is 12.9. The zero-order chi connectivity index (χ0) is 16.6. The van der Waals surface area contributed by atoms with Crippen LogP contribution in [0.4, 0.5) is 0 Å². The fourth-order valence-corrected chi connectivity index (χ4v) is 3.77. The van der Waals surface area contributed by atoms with Gasteiger partial charge in [-0.25, -0.2) is 13.1 Å². The van der Waals surface area contributed by atoms with E-state index in [9.17, 15) is 13.2 Å². The van der Waals surface area contributed by atoms with E-state index < -0.39 is 10.0 Å². The first-order valence-electron chi connectivity index (χ1n) is 7.15. The summed E-state index contributed by atoms with van der Waals surface area (Å²) in [6.07, 6.45) is 1.81. The smallest absolute Gasteiger partial charge is 0.255 e. The highest BCUT2D eigenvalue weighted by Crippen LogP contribution is 2.23. The van der Waals surface area contributed by atoms with Gasteiger partial charge in [0.05, 0.1) is 36.3 Å². The van der Waals surface area contributed by atoms with E-state index >= 15 is 0 Å². The third-order valence-electron chi connectivity index (χ3n) is 3.89. The number of carbonyl (C=O) groups excluding carboxylic acids is 1. The first-order valence-corrected chi connectivity index (χ1v) is 9.98. The van der Waals surface area contributed by atoms with Gasteiger partial charge in [-0.15, -0.1) is 0 Å². The highest BCUT2D eigenvalue weighted by atomic mass is 32.2. The molecule has 0 radical (unpaired) electrons. The molecule has 0 saturated carbocycles. The number of nitrogens with zero attached hydrogens (tertiary/aromatic N) is 3. The van der Waals surface area contributed by atoms with Crippen molar-refractivity contribution < 1.29 is 13.2 Å². The maximum Gasteiger partial charge on any atom is 0.255 e. The van der Waals surface area contributed by atoms with Crippen LogP contribution >= 0.6 is 11.3 Å². The van der Waals surface area contributed by atoms with Crippen LogP contribution in [0.3, 0.4) is 0 Å². The lowest BCUT2D eigenvalue weighted by atomic mass is 10.0. The molecule has 0 aliphatic carbocycles. The summed E-state index contributed by atoms with van der Waals surface area (Å²) in [6.45, 7) is 1.28. The Bertz CT molecular complexity index is 825. The van der Waals surface area contributed by atoms with Crippen molar-refractivity contribution in [1.29, 1.82) is 0 Å². The Kier molecular flexibility index (Phi) is 4.26. The van der Waals surface area contributed by atoms with Gasteiger partial charge in [0.1, 0.15) is 0 Å². The molecule has 23 heavy (non-hydrogen) atoms. The normalized spacial score (nSPS) is 14.8. The molecule has 0 spiro atoms. The molecule has 3 heterocycles. The summed E-state index contributed by atoms with van der Waals surface area (Å²) in [5.41, 5.74) is 3.44. The summed E-state index contributed by atoms with van der Waals surface area (Å²) in [4.78, 5) is 14.3. The van der Waals surface area contributed by atoms with Gasteiger partial charge in [-0.3, -0.25) is 9.48 Å². The zero-order valence-corrected chi connectivity index (χ0v) is 14.6. The minimum atomic E-state index is -3.26. The summed E-state index contributed by atoms with van der Waals surface area (Å²) in [5, 5.41) is 8.15. The number of aromatic nitrogens is 2. The topological polar surface area (TPSA) is 84.3 Å². The third kappa shape index (κ3) is 3.46. The van der Waals surface area contributed by atoms with E-state index in [1.807, 2.05) is 23.9 Å². The number of hydrogen-bond acceptors (Lipinski definition) is 5. The number of rotatable bonds is 4. The summed E-state index contributed by atoms with van der Waals surface area (Å²) >= 11 is 1.50. The fourth-order valence-electron chi connectivity index (χ4n) is 2.74. The van der Waals surface area contributed by atoms with Crippen molar-refractivity contribution in [3.63, 3.8) is 0 Å². The van der Waals surface area contributed by atoms with Crippen LogP contribution in [0.1, 0.15) is 27.3 Å². The third-order valence-corrected chi connectivity index (χ3v) is 5.24. The molecule has 2 aromatic rings. The number of nitrogens with one attached hydrogen (secondary N) is 1. The van der Waals surface area contributed by atoms with Gasteiger partial charge in [0.2, 0.25) is 10.0 Å². The molecule has 0 bridgehead atoms. The van der Waals surface area contributed by atoms with E-state index in [-0.39, 0.29) is 12.5 Å². The highest BCUT2D eigenvalue weighted by Gasteiger charge is 2.27. The lowest BCUT2D eigenvalue weighted by molar-refractivity contribution is 0.0731.